The van der Waals surface area contributed by atoms with E-state index in [-0.39, 0.29) is 5.69 Å². The summed E-state index contributed by atoms with van der Waals surface area (Å²) in [4.78, 5) is 11.1. The minimum absolute atomic E-state index is 0.117. The lowest BCUT2D eigenvalue weighted by molar-refractivity contribution is -0.384. The van der Waals surface area contributed by atoms with E-state index < -0.39 is 4.92 Å². The number of nitro benzene ring substituents is 1. The van der Waals surface area contributed by atoms with Crippen LogP contribution in [-0.2, 0) is 0 Å². The van der Waals surface area contributed by atoms with Gasteiger partial charge in [0.2, 0.25) is 0 Å². The highest BCUT2D eigenvalue weighted by Crippen LogP contribution is 2.22. The van der Waals surface area contributed by atoms with E-state index in [1.54, 1.807) is 12.1 Å². The summed E-state index contributed by atoms with van der Waals surface area (Å²) in [6.45, 7) is 0. The number of thioether (sulfide) groups is 1. The summed E-state index contributed by atoms with van der Waals surface area (Å²) in [7, 11) is 0. The fourth-order valence-electron chi connectivity index (χ4n) is 1.40. The molecule has 0 spiro atoms. The van der Waals surface area contributed by atoms with Crippen LogP contribution in [0.2, 0.25) is 0 Å². The first kappa shape index (κ1) is 12.4. The lowest BCUT2D eigenvalue weighted by atomic mass is 10.2. The zero-order valence-corrected chi connectivity index (χ0v) is 10.3. The van der Waals surface area contributed by atoms with Gasteiger partial charge >= 0.3 is 0 Å². The van der Waals surface area contributed by atoms with Crippen molar-refractivity contribution in [2.75, 3.05) is 0 Å². The topological polar surface area (TPSA) is 43.1 Å². The predicted molar refractivity (Wildman–Crippen MR) is 74.4 cm³/mol. The van der Waals surface area contributed by atoms with Gasteiger partial charge in [-0.3, -0.25) is 10.1 Å². The summed E-state index contributed by atoms with van der Waals surface area (Å²) in [6, 6.07) is 16.5. The largest absolute Gasteiger partial charge is 0.269 e. The molecule has 90 valence electrons. The number of non-ortho nitro benzene ring substituents is 1. The maximum Gasteiger partial charge on any atom is 0.269 e. The summed E-state index contributed by atoms with van der Waals surface area (Å²) >= 11 is 1.53. The SMILES string of the molecule is O=[N+]([O-])c1ccc(SC=Cc2ccccc2)cc1. The zero-order chi connectivity index (χ0) is 12.8. The Morgan fingerprint density at radius 1 is 1.00 bits per heavy atom. The molecular formula is C14H11NO2S. The van der Waals surface area contributed by atoms with Gasteiger partial charge in [-0.25, -0.2) is 0 Å². The summed E-state index contributed by atoms with van der Waals surface area (Å²) in [5.74, 6) is 0. The third kappa shape index (κ3) is 3.46. The maximum atomic E-state index is 10.5. The third-order valence-electron chi connectivity index (χ3n) is 2.31. The maximum absolute atomic E-state index is 10.5. The monoisotopic (exact) mass is 257 g/mol. The van der Waals surface area contributed by atoms with E-state index in [0.717, 1.165) is 10.5 Å². The van der Waals surface area contributed by atoms with Crippen molar-refractivity contribution in [1.82, 2.24) is 0 Å². The van der Waals surface area contributed by atoms with Crippen LogP contribution in [0.25, 0.3) is 6.08 Å². The number of rotatable bonds is 4. The Bertz CT molecular complexity index is 550. The molecule has 0 atom stereocenters. The van der Waals surface area contributed by atoms with Crippen LogP contribution in [0, 0.1) is 10.1 Å². The zero-order valence-electron chi connectivity index (χ0n) is 9.52. The summed E-state index contributed by atoms with van der Waals surface area (Å²) in [5.41, 5.74) is 1.25. The molecule has 0 fully saturated rings. The molecule has 0 heterocycles. The first-order chi connectivity index (χ1) is 8.75. The Balaban J connectivity index is 1.98. The van der Waals surface area contributed by atoms with E-state index in [1.165, 1.54) is 23.9 Å². The highest BCUT2D eigenvalue weighted by atomic mass is 32.2. The number of hydrogen-bond acceptors (Lipinski definition) is 3. The number of nitrogens with zero attached hydrogens (tertiary/aromatic N) is 1. The Labute approximate surface area is 109 Å². The average molecular weight is 257 g/mol. The molecule has 0 bridgehead atoms. The van der Waals surface area contributed by atoms with Crippen molar-refractivity contribution in [3.8, 4) is 0 Å². The standard InChI is InChI=1S/C14H11NO2S/c16-15(17)13-6-8-14(9-7-13)18-11-10-12-4-2-1-3-5-12/h1-11H. The molecule has 0 radical (unpaired) electrons. The van der Waals surface area contributed by atoms with Crippen LogP contribution in [0.15, 0.2) is 64.9 Å². The third-order valence-corrected chi connectivity index (χ3v) is 3.13. The molecule has 0 saturated carbocycles. The van der Waals surface area contributed by atoms with Crippen molar-refractivity contribution >= 4 is 23.5 Å². The molecule has 2 rings (SSSR count). The molecule has 0 aliphatic carbocycles. The molecule has 0 saturated heterocycles. The number of hydrogen-bond donors (Lipinski definition) is 0. The van der Waals surface area contributed by atoms with Crippen LogP contribution >= 0.6 is 11.8 Å². The van der Waals surface area contributed by atoms with E-state index in [0.29, 0.717) is 0 Å². The minimum Gasteiger partial charge on any atom is -0.258 e. The molecule has 2 aromatic rings. The molecule has 0 aromatic heterocycles. The smallest absolute Gasteiger partial charge is 0.258 e. The molecule has 3 nitrogen and oxygen atoms in total. The molecule has 0 aliphatic rings. The van der Waals surface area contributed by atoms with Crippen molar-refractivity contribution < 1.29 is 4.92 Å². The molecule has 4 heteroatoms. The second-order valence-electron chi connectivity index (χ2n) is 3.58. The van der Waals surface area contributed by atoms with Gasteiger partial charge in [0.1, 0.15) is 0 Å². The second-order valence-corrected chi connectivity index (χ2v) is 4.56. The van der Waals surface area contributed by atoms with E-state index in [9.17, 15) is 10.1 Å². The van der Waals surface area contributed by atoms with Crippen molar-refractivity contribution in [2.45, 2.75) is 4.90 Å². The molecule has 18 heavy (non-hydrogen) atoms. The Hall–Kier alpha value is -2.07. The highest BCUT2D eigenvalue weighted by Gasteiger charge is 2.02. The van der Waals surface area contributed by atoms with Crippen LogP contribution in [0.1, 0.15) is 5.56 Å². The van der Waals surface area contributed by atoms with Gasteiger partial charge in [0, 0.05) is 17.0 Å². The first-order valence-electron chi connectivity index (χ1n) is 5.38. The minimum atomic E-state index is -0.395. The molecule has 0 N–H and O–H groups in total. The van der Waals surface area contributed by atoms with Crippen molar-refractivity contribution in [3.63, 3.8) is 0 Å². The first-order valence-corrected chi connectivity index (χ1v) is 6.26. The van der Waals surface area contributed by atoms with E-state index in [2.05, 4.69) is 0 Å². The lowest BCUT2D eigenvalue weighted by Crippen LogP contribution is -1.86. The van der Waals surface area contributed by atoms with Gasteiger partial charge in [0.05, 0.1) is 4.92 Å². The van der Waals surface area contributed by atoms with Crippen LogP contribution in [-0.4, -0.2) is 4.92 Å². The molecule has 0 aliphatic heterocycles. The lowest BCUT2D eigenvalue weighted by Gasteiger charge is -1.96. The van der Waals surface area contributed by atoms with Gasteiger partial charge < -0.3 is 0 Å². The van der Waals surface area contributed by atoms with Gasteiger partial charge in [0.15, 0.2) is 0 Å². The van der Waals surface area contributed by atoms with Gasteiger partial charge in [0.25, 0.3) is 5.69 Å². The quantitative estimate of drug-likeness (QED) is 0.464. The van der Waals surface area contributed by atoms with Gasteiger partial charge in [-0.05, 0) is 29.2 Å². The van der Waals surface area contributed by atoms with Crippen molar-refractivity contribution in [2.24, 2.45) is 0 Å². The summed E-state index contributed by atoms with van der Waals surface area (Å²) < 4.78 is 0. The number of benzene rings is 2. The summed E-state index contributed by atoms with van der Waals surface area (Å²) in [5, 5.41) is 12.5. The van der Waals surface area contributed by atoms with E-state index in [1.807, 2.05) is 41.8 Å². The van der Waals surface area contributed by atoms with Crippen LogP contribution in [0.4, 0.5) is 5.69 Å². The molecule has 0 unspecified atom stereocenters. The Morgan fingerprint density at radius 3 is 2.28 bits per heavy atom. The Morgan fingerprint density at radius 2 is 1.67 bits per heavy atom. The Kier molecular flexibility index (Phi) is 4.15. The summed E-state index contributed by atoms with van der Waals surface area (Å²) in [6.07, 6.45) is 2.01. The van der Waals surface area contributed by atoms with Gasteiger partial charge in [-0.1, -0.05) is 42.1 Å². The molecule has 2 aromatic carbocycles. The van der Waals surface area contributed by atoms with Crippen LogP contribution < -0.4 is 0 Å². The number of nitro groups is 1. The van der Waals surface area contributed by atoms with E-state index >= 15 is 0 Å². The van der Waals surface area contributed by atoms with Crippen molar-refractivity contribution in [3.05, 3.63) is 75.7 Å². The average Bonchev–Trinajstić information content (AvgIpc) is 2.40. The molecule has 0 amide bonds. The van der Waals surface area contributed by atoms with Gasteiger partial charge in [-0.15, -0.1) is 0 Å². The fraction of sp³-hybridized carbons (Fsp3) is 0. The van der Waals surface area contributed by atoms with Crippen molar-refractivity contribution in [1.29, 1.82) is 0 Å². The highest BCUT2D eigenvalue weighted by molar-refractivity contribution is 8.02. The molecular weight excluding hydrogens is 246 g/mol. The van der Waals surface area contributed by atoms with E-state index in [4.69, 9.17) is 0 Å². The van der Waals surface area contributed by atoms with Crippen LogP contribution in [0.5, 0.6) is 0 Å². The van der Waals surface area contributed by atoms with Crippen LogP contribution in [0.3, 0.4) is 0 Å². The fourth-order valence-corrected chi connectivity index (χ4v) is 2.08. The second kappa shape index (κ2) is 6.02. The normalized spacial score (nSPS) is 10.7. The van der Waals surface area contributed by atoms with Gasteiger partial charge in [-0.2, -0.15) is 0 Å². The predicted octanol–water partition coefficient (Wildman–Crippen LogP) is 4.36.